The van der Waals surface area contributed by atoms with E-state index in [-0.39, 0.29) is 18.9 Å². The van der Waals surface area contributed by atoms with Crippen molar-refractivity contribution in [2.24, 2.45) is 17.1 Å². The van der Waals surface area contributed by atoms with Gasteiger partial charge in [0.05, 0.1) is 25.8 Å². The van der Waals surface area contributed by atoms with Crippen LogP contribution < -0.4 is 10.1 Å². The maximum atomic E-state index is 12.7. The van der Waals surface area contributed by atoms with Crippen LogP contribution in [0.1, 0.15) is 50.5 Å². The number of nitrogens with zero attached hydrogens (tertiary/aromatic N) is 4. The van der Waals surface area contributed by atoms with Crippen LogP contribution in [0.2, 0.25) is 0 Å². The van der Waals surface area contributed by atoms with Gasteiger partial charge in [0.2, 0.25) is 0 Å². The van der Waals surface area contributed by atoms with Crippen LogP contribution in [0.4, 0.5) is 0 Å². The maximum Gasteiger partial charge on any atom is 0.305 e. The van der Waals surface area contributed by atoms with Crippen LogP contribution in [0, 0.1) is 6.92 Å². The zero-order valence-electron chi connectivity index (χ0n) is 20.2. The summed E-state index contributed by atoms with van der Waals surface area (Å²) in [6.45, 7) is 4.57. The van der Waals surface area contributed by atoms with Crippen LogP contribution in [0.3, 0.4) is 0 Å². The third-order valence-corrected chi connectivity index (χ3v) is 7.42. The fourth-order valence-corrected chi connectivity index (χ4v) is 4.98. The Bertz CT molecular complexity index is 1220. The van der Waals surface area contributed by atoms with Crippen molar-refractivity contribution in [2.75, 3.05) is 32.8 Å². The van der Waals surface area contributed by atoms with E-state index in [9.17, 15) is 14.4 Å². The van der Waals surface area contributed by atoms with E-state index in [2.05, 4.69) is 15.4 Å². The molecule has 2 aliphatic heterocycles. The second-order valence-corrected chi connectivity index (χ2v) is 9.58. The van der Waals surface area contributed by atoms with E-state index in [1.165, 1.54) is 0 Å². The van der Waals surface area contributed by atoms with E-state index in [1.54, 1.807) is 36.9 Å². The Hall–Kier alpha value is -3.35. The fourth-order valence-electron chi connectivity index (χ4n) is 3.95. The van der Waals surface area contributed by atoms with Crippen molar-refractivity contribution in [2.45, 2.75) is 32.0 Å². The van der Waals surface area contributed by atoms with Crippen molar-refractivity contribution in [3.8, 4) is 0 Å². The number of carbonyl (C=O) groups is 3. The third-order valence-electron chi connectivity index (χ3n) is 6.18. The first-order valence-corrected chi connectivity index (χ1v) is 12.5. The molecule has 0 aliphatic carbocycles. The number of ether oxygens (including phenoxy) is 2. The van der Waals surface area contributed by atoms with Crippen molar-refractivity contribution in [3.63, 3.8) is 0 Å². The van der Waals surface area contributed by atoms with Crippen molar-refractivity contribution >= 4 is 35.3 Å². The number of piperidine rings is 1. The number of aliphatic carboxylic acids is 1. The van der Waals surface area contributed by atoms with Gasteiger partial charge in [-0.1, -0.05) is 23.5 Å². The average molecular weight is 516 g/mol. The van der Waals surface area contributed by atoms with E-state index in [0.717, 1.165) is 42.8 Å². The molecule has 2 fully saturated rings. The minimum atomic E-state index is -0.990. The van der Waals surface area contributed by atoms with E-state index < -0.39 is 17.7 Å². The molecule has 1 spiro atoms. The molecule has 2 saturated heterocycles. The van der Waals surface area contributed by atoms with Gasteiger partial charge >= 0.3 is 5.97 Å². The molecule has 2 aromatic rings. The van der Waals surface area contributed by atoms with Gasteiger partial charge in [0.15, 0.2) is 10.6 Å². The normalized spacial score (nSPS) is 17.7. The molecule has 0 radical (unpaired) electrons. The summed E-state index contributed by atoms with van der Waals surface area (Å²) in [5.74, 6) is -2.23. The predicted molar refractivity (Wildman–Crippen MR) is 132 cm³/mol. The largest absolute Gasteiger partial charge is 0.481 e. The molecular formula is C24H29N5O6S. The molecule has 2 aliphatic rings. The highest BCUT2D eigenvalue weighted by Gasteiger charge is 2.39. The summed E-state index contributed by atoms with van der Waals surface area (Å²) in [7, 11) is 1.72. The number of carboxylic acids is 1. The van der Waals surface area contributed by atoms with Crippen LogP contribution in [-0.2, 0) is 21.3 Å². The van der Waals surface area contributed by atoms with Gasteiger partial charge in [-0.15, -0.1) is 0 Å². The second-order valence-electron chi connectivity index (χ2n) is 8.60. The van der Waals surface area contributed by atoms with Crippen molar-refractivity contribution in [1.29, 1.82) is 0 Å². The summed E-state index contributed by atoms with van der Waals surface area (Å²) in [6.07, 6.45) is 3.16. The quantitative estimate of drug-likeness (QED) is 0.534. The predicted octanol–water partition coefficient (Wildman–Crippen LogP) is 1.51. The summed E-state index contributed by atoms with van der Waals surface area (Å²) < 4.78 is 13.1. The van der Waals surface area contributed by atoms with E-state index >= 15 is 0 Å². The number of hydrazone groups is 1. The summed E-state index contributed by atoms with van der Waals surface area (Å²) in [5, 5.41) is 17.8. The second kappa shape index (κ2) is 11.1. The van der Waals surface area contributed by atoms with Gasteiger partial charge in [-0.05, 0) is 24.6 Å². The summed E-state index contributed by atoms with van der Waals surface area (Å²) in [6, 6.07) is 7.00. The van der Waals surface area contributed by atoms with Crippen LogP contribution in [0.25, 0.3) is 0 Å². The molecule has 192 valence electrons. The fraction of sp³-hybridized carbons (Fsp3) is 0.458. The van der Waals surface area contributed by atoms with Gasteiger partial charge < -0.3 is 24.5 Å². The van der Waals surface area contributed by atoms with Crippen molar-refractivity contribution in [1.82, 2.24) is 14.9 Å². The monoisotopic (exact) mass is 515 g/mol. The lowest BCUT2D eigenvalue weighted by Crippen LogP contribution is -2.43. The van der Waals surface area contributed by atoms with Gasteiger partial charge in [-0.2, -0.15) is 10.1 Å². The van der Waals surface area contributed by atoms with Crippen molar-refractivity contribution in [3.05, 3.63) is 50.8 Å². The number of nitrogens with one attached hydrogen (secondary N) is 1. The number of amides is 2. The Morgan fingerprint density at radius 1 is 1.17 bits per heavy atom. The zero-order chi connectivity index (χ0) is 25.7. The minimum Gasteiger partial charge on any atom is -0.481 e. The van der Waals surface area contributed by atoms with E-state index in [0.29, 0.717) is 34.1 Å². The van der Waals surface area contributed by atoms with Crippen LogP contribution in [-0.4, -0.2) is 77.3 Å². The summed E-state index contributed by atoms with van der Waals surface area (Å²) in [5.41, 5.74) is 1.92. The molecule has 0 saturated carbocycles. The number of aromatic nitrogens is 1. The number of carboxylic acid groups (broad SMARTS) is 1. The number of carbonyl (C=O) groups excluding carboxylic acids is 2. The van der Waals surface area contributed by atoms with Crippen LogP contribution in [0.15, 0.2) is 34.4 Å². The Balaban J connectivity index is 1.37. The van der Waals surface area contributed by atoms with Crippen LogP contribution in [0.5, 0.6) is 0 Å². The molecule has 12 heteroatoms. The smallest absolute Gasteiger partial charge is 0.305 e. The molecule has 11 nitrogen and oxygen atoms in total. The lowest BCUT2D eigenvalue weighted by Gasteiger charge is -2.36. The third kappa shape index (κ3) is 6.07. The Labute approximate surface area is 212 Å². The molecule has 1 aromatic heterocycles. The van der Waals surface area contributed by atoms with Gasteiger partial charge in [-0.3, -0.25) is 19.4 Å². The van der Waals surface area contributed by atoms with Gasteiger partial charge in [-0.25, -0.2) is 0 Å². The Morgan fingerprint density at radius 2 is 1.83 bits per heavy atom. The highest BCUT2D eigenvalue weighted by atomic mass is 32.1. The topological polar surface area (TPSA) is 135 Å². The first-order valence-electron chi connectivity index (χ1n) is 11.7. The molecule has 4 rings (SSSR count). The highest BCUT2D eigenvalue weighted by molar-refractivity contribution is 7.11. The van der Waals surface area contributed by atoms with Gasteiger partial charge in [0.25, 0.3) is 11.8 Å². The van der Waals surface area contributed by atoms with E-state index in [4.69, 9.17) is 14.6 Å². The molecule has 3 heterocycles. The van der Waals surface area contributed by atoms with Crippen LogP contribution >= 0.6 is 11.3 Å². The molecular weight excluding hydrogens is 486 g/mol. The number of hydrogen-bond donors (Lipinski definition) is 2. The molecule has 1 aromatic carbocycles. The first-order chi connectivity index (χ1) is 17.3. The first kappa shape index (κ1) is 25.7. The molecule has 2 amide bonds. The molecule has 0 unspecified atom stereocenters. The summed E-state index contributed by atoms with van der Waals surface area (Å²) >= 11 is 1.08. The van der Waals surface area contributed by atoms with Gasteiger partial charge in [0.1, 0.15) is 4.88 Å². The summed E-state index contributed by atoms with van der Waals surface area (Å²) in [4.78, 5) is 40.7. The maximum absolute atomic E-state index is 12.7. The Kier molecular flexibility index (Phi) is 7.97. The lowest BCUT2D eigenvalue weighted by molar-refractivity contribution is -0.185. The van der Waals surface area contributed by atoms with Gasteiger partial charge in [0, 0.05) is 50.8 Å². The molecule has 2 N–H and O–H groups in total. The highest BCUT2D eigenvalue weighted by Crippen LogP contribution is 2.31. The number of benzene rings is 1. The molecule has 0 bridgehead atoms. The lowest BCUT2D eigenvalue weighted by atomic mass is 10.1. The molecule has 36 heavy (non-hydrogen) atoms. The number of thiazole rings is 1. The van der Waals surface area contributed by atoms with Crippen molar-refractivity contribution < 1.29 is 29.0 Å². The average Bonchev–Trinajstić information content (AvgIpc) is 3.43. The standard InChI is InChI=1S/C24H29N5O6S/c1-16-20(22(33)25-10-7-19(30)31)36-23(28(16)2)27-21(32)18-5-3-17(4-6-18)15-26-29-11-8-24(9-12-29)34-13-14-35-24/h3-6,15H,7-14H2,1-2H3,(H,25,33)(H,30,31). The number of hydrogen-bond acceptors (Lipinski definition) is 8. The molecule has 0 atom stereocenters. The zero-order valence-corrected chi connectivity index (χ0v) is 21.0. The Morgan fingerprint density at radius 3 is 2.47 bits per heavy atom. The minimum absolute atomic E-state index is 0.0254. The van der Waals surface area contributed by atoms with E-state index in [1.807, 2.05) is 17.1 Å². The number of rotatable bonds is 7. The SMILES string of the molecule is Cc1c(C(=O)NCCC(=O)O)sc(=NC(=O)c2ccc(C=NN3CCC4(CC3)OCCO4)cc2)n1C.